The van der Waals surface area contributed by atoms with E-state index in [4.69, 9.17) is 11.1 Å². The summed E-state index contributed by atoms with van der Waals surface area (Å²) in [5, 5.41) is 6.97. The summed E-state index contributed by atoms with van der Waals surface area (Å²) in [6.45, 7) is 1.81. The molecule has 0 atom stereocenters. The highest BCUT2D eigenvalue weighted by Gasteiger charge is 2.01. The molecule has 0 saturated carbocycles. The Balaban J connectivity index is 2.67. The molecule has 0 unspecified atom stereocenters. The molecule has 1 aromatic rings. The minimum Gasteiger partial charge on any atom is -0.378 e. The van der Waals surface area contributed by atoms with Gasteiger partial charge in [0.2, 0.25) is 0 Å². The average Bonchev–Trinajstić information content (AvgIpc) is 2.13. The minimum absolute atomic E-state index is 0.0520. The van der Waals surface area contributed by atoms with Crippen LogP contribution in [0.5, 0.6) is 0 Å². The van der Waals surface area contributed by atoms with Gasteiger partial charge in [0.25, 0.3) is 0 Å². The van der Waals surface area contributed by atoms with E-state index in [0.717, 1.165) is 21.9 Å². The van der Waals surface area contributed by atoms with Crippen molar-refractivity contribution in [1.29, 1.82) is 5.41 Å². The zero-order chi connectivity index (χ0) is 7.56. The smallest absolute Gasteiger partial charge is 0.177 e. The van der Waals surface area contributed by atoms with Crippen molar-refractivity contribution < 1.29 is 0 Å². The number of nitrogens with two attached hydrogens (primary N) is 1. The van der Waals surface area contributed by atoms with Gasteiger partial charge in [-0.2, -0.15) is 4.37 Å². The van der Waals surface area contributed by atoms with Gasteiger partial charge < -0.3 is 5.73 Å². The third-order valence-corrected chi connectivity index (χ3v) is 2.27. The van der Waals surface area contributed by atoms with Gasteiger partial charge in [-0.15, -0.1) is 0 Å². The highest BCUT2D eigenvalue weighted by Crippen LogP contribution is 2.18. The first kappa shape index (κ1) is 7.49. The second-order valence-corrected chi connectivity index (χ2v) is 3.61. The fraction of sp³-hybridized carbons (Fsp3) is 0.250. The number of aryl methyl sites for hydroxylation is 1. The molecule has 0 aliphatic carbocycles. The maximum absolute atomic E-state index is 6.92. The van der Waals surface area contributed by atoms with Gasteiger partial charge in [-0.1, -0.05) is 0 Å². The monoisotopic (exact) mass is 174 g/mol. The fourth-order valence-corrected chi connectivity index (χ4v) is 1.73. The molecule has 0 fully saturated rings. The van der Waals surface area contributed by atoms with E-state index in [0.29, 0.717) is 0 Å². The maximum Gasteiger partial charge on any atom is 0.177 e. The summed E-state index contributed by atoms with van der Waals surface area (Å²) in [7, 11) is 0. The predicted octanol–water partition coefficient (Wildman–Crippen LogP) is 0.832. The predicted molar refractivity (Wildman–Crippen MR) is 42.4 cm³/mol. The Hall–Kier alpha value is -0.620. The van der Waals surface area contributed by atoms with E-state index >= 15 is 0 Å². The zero-order valence-corrected chi connectivity index (χ0v) is 6.92. The molecule has 54 valence electrons. The molecule has 6 heteroatoms. The largest absolute Gasteiger partial charge is 0.378 e. The molecule has 0 radical (unpaired) electrons. The normalized spacial score (nSPS) is 9.70. The molecule has 0 amide bonds. The Morgan fingerprint density at radius 1 is 1.80 bits per heavy atom. The van der Waals surface area contributed by atoms with Gasteiger partial charge in [-0.25, -0.2) is 4.98 Å². The van der Waals surface area contributed by atoms with Crippen LogP contribution in [0, 0.1) is 12.3 Å². The Bertz CT molecular complexity index is 243. The van der Waals surface area contributed by atoms with Crippen molar-refractivity contribution in [2.45, 2.75) is 11.3 Å². The summed E-state index contributed by atoms with van der Waals surface area (Å²) in [6, 6.07) is 0. The molecule has 0 spiro atoms. The van der Waals surface area contributed by atoms with E-state index in [1.165, 1.54) is 11.5 Å². The molecular formula is C4H6N4S2. The lowest BCUT2D eigenvalue weighted by atomic mass is 10.8. The van der Waals surface area contributed by atoms with Gasteiger partial charge in [-0.05, 0) is 30.2 Å². The number of hydrogen-bond acceptors (Lipinski definition) is 5. The molecule has 10 heavy (non-hydrogen) atoms. The molecule has 4 nitrogen and oxygen atoms in total. The van der Waals surface area contributed by atoms with E-state index in [1.54, 1.807) is 6.92 Å². The Morgan fingerprint density at radius 3 is 2.90 bits per heavy atom. The van der Waals surface area contributed by atoms with E-state index in [-0.39, 0.29) is 5.17 Å². The van der Waals surface area contributed by atoms with E-state index in [1.807, 2.05) is 0 Å². The van der Waals surface area contributed by atoms with Crippen molar-refractivity contribution in [1.82, 2.24) is 9.36 Å². The number of amidine groups is 1. The lowest BCUT2D eigenvalue weighted by Crippen LogP contribution is -2.02. The topological polar surface area (TPSA) is 75.7 Å². The van der Waals surface area contributed by atoms with Crippen LogP contribution in [-0.4, -0.2) is 14.5 Å². The second-order valence-electron chi connectivity index (χ2n) is 1.57. The van der Waals surface area contributed by atoms with Crippen LogP contribution in [0.1, 0.15) is 5.82 Å². The summed E-state index contributed by atoms with van der Waals surface area (Å²) in [4.78, 5) is 4.00. The number of nitrogens with one attached hydrogen (secondary N) is 1. The molecule has 1 rings (SSSR count). The van der Waals surface area contributed by atoms with Crippen molar-refractivity contribution in [2.24, 2.45) is 5.73 Å². The molecule has 3 N–H and O–H groups in total. The van der Waals surface area contributed by atoms with Gasteiger partial charge in [0.15, 0.2) is 9.51 Å². The first-order valence-electron chi connectivity index (χ1n) is 2.50. The number of rotatable bonds is 1. The molecular weight excluding hydrogens is 168 g/mol. The summed E-state index contributed by atoms with van der Waals surface area (Å²) >= 11 is 2.38. The Morgan fingerprint density at radius 2 is 2.50 bits per heavy atom. The van der Waals surface area contributed by atoms with Crippen molar-refractivity contribution in [3.8, 4) is 0 Å². The van der Waals surface area contributed by atoms with Crippen LogP contribution in [-0.2, 0) is 0 Å². The van der Waals surface area contributed by atoms with Crippen LogP contribution in [0.2, 0.25) is 0 Å². The summed E-state index contributed by atoms with van der Waals surface area (Å²) in [5.74, 6) is 0.730. The van der Waals surface area contributed by atoms with Crippen LogP contribution >= 0.6 is 23.3 Å². The lowest BCUT2D eigenvalue weighted by Gasteiger charge is -1.87. The average molecular weight is 174 g/mol. The fourth-order valence-electron chi connectivity index (χ4n) is 0.414. The summed E-state index contributed by atoms with van der Waals surface area (Å²) < 4.78 is 4.65. The quantitative estimate of drug-likeness (QED) is 0.375. The second kappa shape index (κ2) is 2.98. The summed E-state index contributed by atoms with van der Waals surface area (Å²) in [6.07, 6.45) is 0. The molecule has 0 aromatic carbocycles. The molecule has 0 aliphatic heterocycles. The lowest BCUT2D eigenvalue weighted by molar-refractivity contribution is 1.10. The molecule has 0 aliphatic rings. The third kappa shape index (κ3) is 1.96. The molecule has 1 heterocycles. The first-order valence-corrected chi connectivity index (χ1v) is 4.09. The van der Waals surface area contributed by atoms with Crippen molar-refractivity contribution in [3.63, 3.8) is 0 Å². The van der Waals surface area contributed by atoms with Crippen LogP contribution in [0.4, 0.5) is 0 Å². The standard InChI is InChI=1S/C4H6N4S2/c1-2-7-4(10-8-2)9-3(5)6/h1H3,(H3,5,6). The van der Waals surface area contributed by atoms with Gasteiger partial charge in [0.1, 0.15) is 5.82 Å². The van der Waals surface area contributed by atoms with Crippen LogP contribution in [0.15, 0.2) is 4.34 Å². The molecule has 1 aromatic heterocycles. The summed E-state index contributed by atoms with van der Waals surface area (Å²) in [5.41, 5.74) is 5.12. The highest BCUT2D eigenvalue weighted by atomic mass is 32.2. The van der Waals surface area contributed by atoms with E-state index in [2.05, 4.69) is 9.36 Å². The Labute approximate surface area is 66.5 Å². The van der Waals surface area contributed by atoms with Crippen LogP contribution in [0.3, 0.4) is 0 Å². The number of hydrogen-bond donors (Lipinski definition) is 2. The first-order chi connectivity index (χ1) is 4.68. The van der Waals surface area contributed by atoms with Gasteiger partial charge in [0, 0.05) is 0 Å². The van der Waals surface area contributed by atoms with Gasteiger partial charge in [0.05, 0.1) is 0 Å². The van der Waals surface area contributed by atoms with Gasteiger partial charge in [-0.3, -0.25) is 5.41 Å². The number of aromatic nitrogens is 2. The van der Waals surface area contributed by atoms with E-state index in [9.17, 15) is 0 Å². The van der Waals surface area contributed by atoms with E-state index < -0.39 is 0 Å². The van der Waals surface area contributed by atoms with Crippen molar-refractivity contribution in [2.75, 3.05) is 0 Å². The number of thioether (sulfide) groups is 1. The number of nitrogens with zero attached hydrogens (tertiary/aromatic N) is 2. The van der Waals surface area contributed by atoms with Gasteiger partial charge >= 0.3 is 0 Å². The molecule has 0 bridgehead atoms. The third-order valence-electron chi connectivity index (χ3n) is 0.706. The van der Waals surface area contributed by atoms with Crippen molar-refractivity contribution >= 4 is 28.5 Å². The maximum atomic E-state index is 6.92. The minimum atomic E-state index is 0.0520. The SMILES string of the molecule is Cc1nsc(SC(=N)N)n1. The zero-order valence-electron chi connectivity index (χ0n) is 5.29. The van der Waals surface area contributed by atoms with Crippen LogP contribution < -0.4 is 5.73 Å². The van der Waals surface area contributed by atoms with Crippen molar-refractivity contribution in [3.05, 3.63) is 5.82 Å². The molecule has 0 saturated heterocycles. The van der Waals surface area contributed by atoms with Crippen LogP contribution in [0.25, 0.3) is 0 Å². The Kier molecular flexibility index (Phi) is 2.23. The highest BCUT2D eigenvalue weighted by molar-refractivity contribution is 8.14.